The van der Waals surface area contributed by atoms with Crippen molar-refractivity contribution in [2.45, 2.75) is 6.42 Å². The summed E-state index contributed by atoms with van der Waals surface area (Å²) in [6.45, 7) is 1.11. The van der Waals surface area contributed by atoms with Crippen LogP contribution in [0.3, 0.4) is 0 Å². The van der Waals surface area contributed by atoms with Crippen LogP contribution in [-0.4, -0.2) is 24.9 Å². The van der Waals surface area contributed by atoms with Crippen LogP contribution in [0, 0.1) is 11.8 Å². The van der Waals surface area contributed by atoms with Crippen LogP contribution in [0.1, 0.15) is 6.42 Å². The number of primary amides is 2. The molecule has 1 rings (SSSR count). The largest absolute Gasteiger partial charge is 0.369 e. The highest BCUT2D eigenvalue weighted by Crippen LogP contribution is 2.15. The van der Waals surface area contributed by atoms with E-state index in [1.807, 2.05) is 0 Å². The number of carbonyl (C=O) groups is 2. The van der Waals surface area contributed by atoms with Gasteiger partial charge in [0, 0.05) is 13.1 Å². The summed E-state index contributed by atoms with van der Waals surface area (Å²) in [7, 11) is 0. The summed E-state index contributed by atoms with van der Waals surface area (Å²) in [6, 6.07) is 0. The first-order chi connectivity index (χ1) is 5.61. The zero-order valence-corrected chi connectivity index (χ0v) is 6.75. The van der Waals surface area contributed by atoms with Gasteiger partial charge in [-0.25, -0.2) is 0 Å². The third-order valence-electron chi connectivity index (χ3n) is 2.16. The number of hydrogen-bond donors (Lipinski definition) is 3. The van der Waals surface area contributed by atoms with Crippen molar-refractivity contribution in [2.24, 2.45) is 23.3 Å². The molecule has 0 aromatic carbocycles. The first-order valence-electron chi connectivity index (χ1n) is 3.90. The standard InChI is InChI=1S/C7H13N3O2/c8-6(11)4-1-5(7(9)12)3-10-2-4/h4-5,10H,1-3H2,(H2,8,11)(H2,9,12). The van der Waals surface area contributed by atoms with Crippen molar-refractivity contribution in [3.63, 3.8) is 0 Å². The molecular weight excluding hydrogens is 158 g/mol. The van der Waals surface area contributed by atoms with Crippen molar-refractivity contribution in [3.8, 4) is 0 Å². The topological polar surface area (TPSA) is 98.2 Å². The van der Waals surface area contributed by atoms with Crippen molar-refractivity contribution in [1.29, 1.82) is 0 Å². The Morgan fingerprint density at radius 2 is 1.50 bits per heavy atom. The second kappa shape index (κ2) is 3.53. The Labute approximate surface area is 70.5 Å². The second-order valence-corrected chi connectivity index (χ2v) is 3.09. The average Bonchev–Trinajstić information content (AvgIpc) is 2.04. The van der Waals surface area contributed by atoms with E-state index in [0.29, 0.717) is 19.5 Å². The summed E-state index contributed by atoms with van der Waals surface area (Å²) in [5.41, 5.74) is 10.2. The van der Waals surface area contributed by atoms with Crippen LogP contribution in [-0.2, 0) is 9.59 Å². The van der Waals surface area contributed by atoms with Gasteiger partial charge in [-0.1, -0.05) is 0 Å². The van der Waals surface area contributed by atoms with Crippen LogP contribution >= 0.6 is 0 Å². The Balaban J connectivity index is 2.51. The fraction of sp³-hybridized carbons (Fsp3) is 0.714. The number of nitrogens with one attached hydrogen (secondary N) is 1. The lowest BCUT2D eigenvalue weighted by Gasteiger charge is -2.25. The predicted octanol–water partition coefficient (Wildman–Crippen LogP) is -1.82. The van der Waals surface area contributed by atoms with E-state index in [2.05, 4.69) is 5.32 Å². The van der Waals surface area contributed by atoms with E-state index < -0.39 is 0 Å². The molecule has 1 fully saturated rings. The van der Waals surface area contributed by atoms with E-state index in [1.54, 1.807) is 0 Å². The molecule has 0 aromatic heterocycles. The van der Waals surface area contributed by atoms with Crippen LogP contribution < -0.4 is 16.8 Å². The zero-order valence-electron chi connectivity index (χ0n) is 6.75. The second-order valence-electron chi connectivity index (χ2n) is 3.09. The van der Waals surface area contributed by atoms with E-state index in [9.17, 15) is 9.59 Å². The lowest BCUT2D eigenvalue weighted by molar-refractivity contribution is -0.126. The molecule has 1 heterocycles. The van der Waals surface area contributed by atoms with Crippen LogP contribution in [0.5, 0.6) is 0 Å². The third kappa shape index (κ3) is 1.94. The minimum absolute atomic E-state index is 0.253. The Bertz CT molecular complexity index is 185. The van der Waals surface area contributed by atoms with Crippen molar-refractivity contribution in [1.82, 2.24) is 5.32 Å². The Morgan fingerprint density at radius 1 is 1.08 bits per heavy atom. The zero-order chi connectivity index (χ0) is 9.14. The highest BCUT2D eigenvalue weighted by molar-refractivity contribution is 5.80. The first kappa shape index (κ1) is 8.99. The fourth-order valence-electron chi connectivity index (χ4n) is 1.38. The lowest BCUT2D eigenvalue weighted by Crippen LogP contribution is -2.46. The molecule has 1 saturated heterocycles. The van der Waals surface area contributed by atoms with Gasteiger partial charge in [-0.2, -0.15) is 0 Å². The molecule has 0 aliphatic carbocycles. The normalized spacial score (nSPS) is 29.7. The summed E-state index contributed by atoms with van der Waals surface area (Å²) in [5, 5.41) is 2.95. The summed E-state index contributed by atoms with van der Waals surface area (Å²) >= 11 is 0. The maximum atomic E-state index is 10.8. The molecule has 0 bridgehead atoms. The van der Waals surface area contributed by atoms with Gasteiger partial charge in [0.25, 0.3) is 0 Å². The van der Waals surface area contributed by atoms with Gasteiger partial charge >= 0.3 is 0 Å². The van der Waals surface area contributed by atoms with Gasteiger partial charge in [-0.3, -0.25) is 9.59 Å². The smallest absolute Gasteiger partial charge is 0.221 e. The molecule has 0 spiro atoms. The average molecular weight is 171 g/mol. The summed E-state index contributed by atoms with van der Waals surface area (Å²) in [5.74, 6) is -1.24. The van der Waals surface area contributed by atoms with E-state index in [0.717, 1.165) is 0 Å². The fourth-order valence-corrected chi connectivity index (χ4v) is 1.38. The van der Waals surface area contributed by atoms with E-state index in [4.69, 9.17) is 11.5 Å². The molecule has 2 amide bonds. The van der Waals surface area contributed by atoms with E-state index >= 15 is 0 Å². The van der Waals surface area contributed by atoms with Crippen LogP contribution in [0.15, 0.2) is 0 Å². The van der Waals surface area contributed by atoms with Crippen molar-refractivity contribution in [2.75, 3.05) is 13.1 Å². The molecule has 1 aliphatic rings. The summed E-state index contributed by atoms with van der Waals surface area (Å²) < 4.78 is 0. The minimum Gasteiger partial charge on any atom is -0.369 e. The van der Waals surface area contributed by atoms with E-state index in [-0.39, 0.29) is 23.7 Å². The number of piperidine rings is 1. The third-order valence-corrected chi connectivity index (χ3v) is 2.16. The molecule has 0 radical (unpaired) electrons. The molecule has 5 N–H and O–H groups in total. The van der Waals surface area contributed by atoms with Gasteiger partial charge in [-0.15, -0.1) is 0 Å². The molecule has 0 aromatic rings. The number of hydrogen-bond acceptors (Lipinski definition) is 3. The molecule has 2 atom stereocenters. The summed E-state index contributed by atoms with van der Waals surface area (Å²) in [4.78, 5) is 21.5. The Hall–Kier alpha value is -1.10. The maximum Gasteiger partial charge on any atom is 0.221 e. The monoisotopic (exact) mass is 171 g/mol. The predicted molar refractivity (Wildman–Crippen MR) is 42.9 cm³/mol. The van der Waals surface area contributed by atoms with Crippen LogP contribution in [0.25, 0.3) is 0 Å². The molecular formula is C7H13N3O2. The van der Waals surface area contributed by atoms with Gasteiger partial charge in [0.2, 0.25) is 11.8 Å². The first-order valence-corrected chi connectivity index (χ1v) is 3.90. The number of nitrogens with two attached hydrogens (primary N) is 2. The highest BCUT2D eigenvalue weighted by atomic mass is 16.1. The van der Waals surface area contributed by atoms with Crippen molar-refractivity contribution < 1.29 is 9.59 Å². The number of rotatable bonds is 2. The molecule has 5 nitrogen and oxygen atoms in total. The lowest BCUT2D eigenvalue weighted by atomic mass is 9.90. The Morgan fingerprint density at radius 3 is 1.83 bits per heavy atom. The maximum absolute atomic E-state index is 10.8. The number of carbonyl (C=O) groups excluding carboxylic acids is 2. The van der Waals surface area contributed by atoms with Gasteiger partial charge in [0.05, 0.1) is 11.8 Å². The molecule has 1 aliphatic heterocycles. The van der Waals surface area contributed by atoms with Crippen LogP contribution in [0.4, 0.5) is 0 Å². The quantitative estimate of drug-likeness (QED) is 0.456. The van der Waals surface area contributed by atoms with Gasteiger partial charge in [0.1, 0.15) is 0 Å². The summed E-state index contributed by atoms with van der Waals surface area (Å²) in [6.07, 6.45) is 0.484. The Kier molecular flexibility index (Phi) is 2.65. The highest BCUT2D eigenvalue weighted by Gasteiger charge is 2.28. The molecule has 68 valence electrons. The van der Waals surface area contributed by atoms with Crippen molar-refractivity contribution >= 4 is 11.8 Å². The minimum atomic E-state index is -0.367. The number of amides is 2. The van der Waals surface area contributed by atoms with Gasteiger partial charge in [-0.05, 0) is 6.42 Å². The van der Waals surface area contributed by atoms with Gasteiger partial charge < -0.3 is 16.8 Å². The van der Waals surface area contributed by atoms with E-state index in [1.165, 1.54) is 0 Å². The molecule has 2 unspecified atom stereocenters. The SMILES string of the molecule is NC(=O)C1CNCC(C(N)=O)C1. The van der Waals surface area contributed by atoms with Crippen molar-refractivity contribution in [3.05, 3.63) is 0 Å². The molecule has 12 heavy (non-hydrogen) atoms. The molecule has 5 heteroatoms. The molecule has 0 saturated carbocycles. The van der Waals surface area contributed by atoms with Gasteiger partial charge in [0.15, 0.2) is 0 Å². The van der Waals surface area contributed by atoms with Crippen LogP contribution in [0.2, 0.25) is 0 Å².